The minimum absolute atomic E-state index is 0.0952. The lowest BCUT2D eigenvalue weighted by Crippen LogP contribution is -2.50. The van der Waals surface area contributed by atoms with Crippen LogP contribution in [0.5, 0.6) is 0 Å². The molecule has 0 radical (unpaired) electrons. The number of ether oxygens (including phenoxy) is 2. The number of carbonyl (C=O) groups is 1. The maximum atomic E-state index is 11.6. The molecular formula is C15H21N5O4. The first-order chi connectivity index (χ1) is 11.7. The Morgan fingerprint density at radius 2 is 2.29 bits per heavy atom. The molecule has 24 heavy (non-hydrogen) atoms. The number of nitrogens with zero attached hydrogens (tertiary/aromatic N) is 4. The number of carbonyl (C=O) groups excluding carboxylic acids is 1. The van der Waals surface area contributed by atoms with Gasteiger partial charge in [-0.15, -0.1) is 0 Å². The predicted molar refractivity (Wildman–Crippen MR) is 84.7 cm³/mol. The Bertz CT molecular complexity index is 719. The van der Waals surface area contributed by atoms with Gasteiger partial charge in [0.15, 0.2) is 11.5 Å². The highest BCUT2D eigenvalue weighted by atomic mass is 16.6. The quantitative estimate of drug-likeness (QED) is 0.706. The first-order valence-electron chi connectivity index (χ1n) is 8.00. The molecule has 3 rings (SSSR count). The summed E-state index contributed by atoms with van der Waals surface area (Å²) in [4.78, 5) is 23.8. The topological polar surface area (TPSA) is 125 Å². The van der Waals surface area contributed by atoms with Gasteiger partial charge >= 0.3 is 5.97 Å². The van der Waals surface area contributed by atoms with Crippen molar-refractivity contribution in [2.45, 2.75) is 38.5 Å². The molecule has 0 saturated carbocycles. The Kier molecular flexibility index (Phi) is 4.91. The summed E-state index contributed by atoms with van der Waals surface area (Å²) in [6, 6.07) is 0. The summed E-state index contributed by atoms with van der Waals surface area (Å²) in [6.45, 7) is 2.05. The Hall–Kier alpha value is -2.26. The summed E-state index contributed by atoms with van der Waals surface area (Å²) < 4.78 is 12.7. The van der Waals surface area contributed by atoms with E-state index in [1.54, 1.807) is 10.9 Å². The molecule has 3 N–H and O–H groups in total. The van der Waals surface area contributed by atoms with Crippen LogP contribution in [0.2, 0.25) is 0 Å². The number of hydrogen-bond acceptors (Lipinski definition) is 8. The highest BCUT2D eigenvalue weighted by Crippen LogP contribution is 2.38. The van der Waals surface area contributed by atoms with Gasteiger partial charge in [0.1, 0.15) is 30.8 Å². The van der Waals surface area contributed by atoms with E-state index in [1.165, 1.54) is 6.33 Å². The van der Waals surface area contributed by atoms with Crippen molar-refractivity contribution in [3.8, 4) is 0 Å². The molecule has 130 valence electrons. The molecule has 0 spiro atoms. The van der Waals surface area contributed by atoms with Crippen LogP contribution in [0, 0.1) is 5.92 Å². The van der Waals surface area contributed by atoms with Crippen LogP contribution in [-0.4, -0.2) is 49.9 Å². The number of aromatic nitrogens is 4. The Morgan fingerprint density at radius 1 is 1.46 bits per heavy atom. The third-order valence-electron chi connectivity index (χ3n) is 4.17. The maximum absolute atomic E-state index is 11.6. The second-order valence-corrected chi connectivity index (χ2v) is 5.78. The molecule has 3 heterocycles. The smallest absolute Gasteiger partial charge is 0.305 e. The third-order valence-corrected chi connectivity index (χ3v) is 4.17. The summed E-state index contributed by atoms with van der Waals surface area (Å²) in [7, 11) is 0. The van der Waals surface area contributed by atoms with Gasteiger partial charge < -0.3 is 20.3 Å². The molecular weight excluding hydrogens is 314 g/mol. The largest absolute Gasteiger partial charge is 0.463 e. The van der Waals surface area contributed by atoms with Crippen LogP contribution >= 0.6 is 0 Å². The lowest BCUT2D eigenvalue weighted by Gasteiger charge is -2.43. The predicted octanol–water partition coefficient (Wildman–Crippen LogP) is 0.648. The van der Waals surface area contributed by atoms with E-state index in [2.05, 4.69) is 15.0 Å². The summed E-state index contributed by atoms with van der Waals surface area (Å²) in [5.74, 6) is -0.160. The van der Waals surface area contributed by atoms with Gasteiger partial charge in [-0.2, -0.15) is 0 Å². The van der Waals surface area contributed by atoms with E-state index < -0.39 is 6.23 Å². The van der Waals surface area contributed by atoms with Gasteiger partial charge in [0.2, 0.25) is 0 Å². The van der Waals surface area contributed by atoms with E-state index in [-0.39, 0.29) is 31.2 Å². The molecule has 3 atom stereocenters. The minimum atomic E-state index is -0.423. The normalized spacial score (nSPS) is 23.2. The van der Waals surface area contributed by atoms with Gasteiger partial charge in [-0.3, -0.25) is 9.36 Å². The highest BCUT2D eigenvalue weighted by molar-refractivity contribution is 5.81. The van der Waals surface area contributed by atoms with Crippen LogP contribution in [0.3, 0.4) is 0 Å². The molecule has 2 aromatic heterocycles. The van der Waals surface area contributed by atoms with Gasteiger partial charge in [-0.05, 0) is 6.42 Å². The number of hydrogen-bond donors (Lipinski definition) is 2. The molecule has 0 amide bonds. The van der Waals surface area contributed by atoms with Crippen molar-refractivity contribution in [3.05, 3.63) is 12.7 Å². The molecule has 0 aromatic carbocycles. The number of anilines is 1. The second kappa shape index (κ2) is 7.10. The number of esters is 1. The van der Waals surface area contributed by atoms with Crippen molar-refractivity contribution < 1.29 is 19.4 Å². The van der Waals surface area contributed by atoms with Crippen LogP contribution < -0.4 is 5.73 Å². The number of aliphatic hydroxyl groups excluding tert-OH is 1. The van der Waals surface area contributed by atoms with Crippen molar-refractivity contribution in [2.24, 2.45) is 5.92 Å². The van der Waals surface area contributed by atoms with Gasteiger partial charge in [0, 0.05) is 6.42 Å². The van der Waals surface area contributed by atoms with Crippen molar-refractivity contribution in [1.82, 2.24) is 19.5 Å². The van der Waals surface area contributed by atoms with E-state index in [0.29, 0.717) is 23.4 Å². The average Bonchev–Trinajstić information content (AvgIpc) is 2.97. The zero-order valence-electron chi connectivity index (χ0n) is 13.5. The summed E-state index contributed by atoms with van der Waals surface area (Å²) >= 11 is 0. The molecule has 3 unspecified atom stereocenters. The van der Waals surface area contributed by atoms with Crippen LogP contribution in [0.4, 0.5) is 5.82 Å². The molecule has 1 aliphatic heterocycles. The van der Waals surface area contributed by atoms with Crippen molar-refractivity contribution in [3.63, 3.8) is 0 Å². The fourth-order valence-electron chi connectivity index (χ4n) is 2.74. The first-order valence-corrected chi connectivity index (χ1v) is 8.00. The molecule has 9 heteroatoms. The maximum Gasteiger partial charge on any atom is 0.305 e. The second-order valence-electron chi connectivity index (χ2n) is 5.78. The van der Waals surface area contributed by atoms with E-state index in [0.717, 1.165) is 12.8 Å². The molecule has 1 saturated heterocycles. The SMILES string of the molecule is CCCCC(=O)OCC1OC(n2cnc3c(N)ncnc32)C1CO. The Balaban J connectivity index is 1.64. The van der Waals surface area contributed by atoms with Crippen LogP contribution in [-0.2, 0) is 14.3 Å². The average molecular weight is 335 g/mol. The number of nitrogens with two attached hydrogens (primary N) is 1. The number of rotatable bonds is 7. The summed E-state index contributed by atoms with van der Waals surface area (Å²) in [5, 5.41) is 9.65. The zero-order chi connectivity index (χ0) is 17.1. The third kappa shape index (κ3) is 3.04. The van der Waals surface area contributed by atoms with Crippen LogP contribution in [0.15, 0.2) is 12.7 Å². The van der Waals surface area contributed by atoms with Crippen LogP contribution in [0.1, 0.15) is 32.4 Å². The molecule has 0 aliphatic carbocycles. The summed E-state index contributed by atoms with van der Waals surface area (Å²) in [5.41, 5.74) is 6.81. The van der Waals surface area contributed by atoms with Gasteiger partial charge in [0.25, 0.3) is 0 Å². The van der Waals surface area contributed by atoms with Crippen molar-refractivity contribution >= 4 is 23.0 Å². The standard InChI is InChI=1S/C15H21N5O4/c1-2-3-4-11(22)23-6-10-9(5-21)15(24-10)20-8-19-12-13(16)17-7-18-14(12)20/h7-10,15,21H,2-6H2,1H3,(H2,16,17,18). The van der Waals surface area contributed by atoms with Crippen molar-refractivity contribution in [2.75, 3.05) is 18.9 Å². The fourth-order valence-corrected chi connectivity index (χ4v) is 2.74. The highest BCUT2D eigenvalue weighted by Gasteiger charge is 2.44. The molecule has 9 nitrogen and oxygen atoms in total. The van der Waals surface area contributed by atoms with Crippen molar-refractivity contribution in [1.29, 1.82) is 0 Å². The monoisotopic (exact) mass is 335 g/mol. The van der Waals surface area contributed by atoms with E-state index in [1.807, 2.05) is 6.92 Å². The lowest BCUT2D eigenvalue weighted by atomic mass is 9.95. The molecule has 0 bridgehead atoms. The van der Waals surface area contributed by atoms with E-state index in [9.17, 15) is 9.90 Å². The number of unbranched alkanes of at least 4 members (excludes halogenated alkanes) is 1. The number of imidazole rings is 1. The lowest BCUT2D eigenvalue weighted by molar-refractivity contribution is -0.247. The molecule has 1 fully saturated rings. The first kappa shape index (κ1) is 16.6. The Labute approximate surface area is 138 Å². The van der Waals surface area contributed by atoms with E-state index in [4.69, 9.17) is 15.2 Å². The number of nitrogen functional groups attached to an aromatic ring is 1. The minimum Gasteiger partial charge on any atom is -0.463 e. The number of aliphatic hydroxyl groups is 1. The molecule has 1 aliphatic rings. The van der Waals surface area contributed by atoms with Gasteiger partial charge in [0.05, 0.1) is 18.9 Å². The Morgan fingerprint density at radius 3 is 3.04 bits per heavy atom. The van der Waals surface area contributed by atoms with E-state index >= 15 is 0 Å². The van der Waals surface area contributed by atoms with Gasteiger partial charge in [-0.1, -0.05) is 13.3 Å². The zero-order valence-corrected chi connectivity index (χ0v) is 13.5. The fraction of sp³-hybridized carbons (Fsp3) is 0.600. The summed E-state index contributed by atoms with van der Waals surface area (Å²) in [6.07, 6.45) is 4.30. The van der Waals surface area contributed by atoms with Crippen LogP contribution in [0.25, 0.3) is 11.2 Å². The molecule has 2 aromatic rings. The number of fused-ring (bicyclic) bond motifs is 1. The van der Waals surface area contributed by atoms with Gasteiger partial charge in [-0.25, -0.2) is 15.0 Å².